The van der Waals surface area contributed by atoms with Crippen LogP contribution in [0.5, 0.6) is 0 Å². The zero-order valence-electron chi connectivity index (χ0n) is 19.5. The van der Waals surface area contributed by atoms with Crippen LogP contribution in [-0.4, -0.2) is 31.7 Å². The number of hydrogen-bond donors (Lipinski definition) is 0. The summed E-state index contributed by atoms with van der Waals surface area (Å²) in [6.07, 6.45) is 15.2. The summed E-state index contributed by atoms with van der Waals surface area (Å²) in [5, 5.41) is 0.430. The molecule has 2 aromatic rings. The standard InChI is InChI=1S/C26H36N2O2S2/c1-21(29)31-17-9-5-3-7-11-23-13-15-27-25(19-23)26-20-24(14-16-28-26)12-8-4-6-10-18-32-22(2)30/h13-16,19-20H,3-12,17-18H2,1-2H3. The van der Waals surface area contributed by atoms with Crippen molar-refractivity contribution in [1.29, 1.82) is 0 Å². The summed E-state index contributed by atoms with van der Waals surface area (Å²) in [5.74, 6) is 1.88. The van der Waals surface area contributed by atoms with Gasteiger partial charge in [0.25, 0.3) is 0 Å². The molecule has 0 aliphatic heterocycles. The molecule has 0 spiro atoms. The van der Waals surface area contributed by atoms with Gasteiger partial charge in [-0.1, -0.05) is 49.2 Å². The van der Waals surface area contributed by atoms with Crippen molar-refractivity contribution in [3.05, 3.63) is 47.8 Å². The van der Waals surface area contributed by atoms with E-state index in [2.05, 4.69) is 34.2 Å². The largest absolute Gasteiger partial charge is 0.288 e. The second kappa shape index (κ2) is 16.0. The number of hydrogen-bond acceptors (Lipinski definition) is 6. The van der Waals surface area contributed by atoms with Crippen molar-refractivity contribution in [1.82, 2.24) is 9.97 Å². The van der Waals surface area contributed by atoms with E-state index in [1.54, 1.807) is 13.8 Å². The van der Waals surface area contributed by atoms with Gasteiger partial charge in [0, 0.05) is 37.7 Å². The van der Waals surface area contributed by atoms with Crippen LogP contribution in [0.3, 0.4) is 0 Å². The van der Waals surface area contributed by atoms with E-state index in [-0.39, 0.29) is 10.2 Å². The van der Waals surface area contributed by atoms with Gasteiger partial charge >= 0.3 is 0 Å². The first-order valence-corrected chi connectivity index (χ1v) is 13.7. The van der Waals surface area contributed by atoms with Crippen LogP contribution in [0.15, 0.2) is 36.7 Å². The molecular weight excluding hydrogens is 436 g/mol. The molecule has 0 N–H and O–H groups in total. The number of rotatable bonds is 15. The second-order valence-corrected chi connectivity index (χ2v) is 10.7. The van der Waals surface area contributed by atoms with E-state index in [0.717, 1.165) is 61.4 Å². The molecule has 0 saturated carbocycles. The van der Waals surface area contributed by atoms with Crippen LogP contribution >= 0.6 is 23.5 Å². The molecule has 0 bridgehead atoms. The van der Waals surface area contributed by atoms with Gasteiger partial charge in [-0.15, -0.1) is 0 Å². The Morgan fingerprint density at radius 3 is 1.47 bits per heavy atom. The van der Waals surface area contributed by atoms with Crippen LogP contribution < -0.4 is 0 Å². The highest BCUT2D eigenvalue weighted by Gasteiger charge is 2.05. The molecule has 32 heavy (non-hydrogen) atoms. The summed E-state index contributed by atoms with van der Waals surface area (Å²) in [5.41, 5.74) is 4.51. The van der Waals surface area contributed by atoms with Crippen LogP contribution in [0, 0.1) is 0 Å². The summed E-state index contributed by atoms with van der Waals surface area (Å²) in [6.45, 7) is 3.27. The Kier molecular flexibility index (Phi) is 13.3. The molecule has 0 aliphatic rings. The smallest absolute Gasteiger partial charge is 0.185 e. The number of unbranched alkanes of at least 4 members (excludes halogenated alkanes) is 6. The number of carbonyl (C=O) groups is 2. The molecule has 6 heteroatoms. The molecule has 0 unspecified atom stereocenters. The molecule has 4 nitrogen and oxygen atoms in total. The fraction of sp³-hybridized carbons (Fsp3) is 0.538. The second-order valence-electron chi connectivity index (χ2n) is 8.11. The van der Waals surface area contributed by atoms with Gasteiger partial charge in [-0.25, -0.2) is 0 Å². The Morgan fingerprint density at radius 2 is 1.06 bits per heavy atom. The van der Waals surface area contributed by atoms with Crippen LogP contribution in [0.4, 0.5) is 0 Å². The predicted molar refractivity (Wildman–Crippen MR) is 138 cm³/mol. The highest BCUT2D eigenvalue weighted by Crippen LogP contribution is 2.20. The summed E-state index contributed by atoms with van der Waals surface area (Å²) < 4.78 is 0. The van der Waals surface area contributed by atoms with E-state index in [1.807, 2.05) is 12.4 Å². The fourth-order valence-corrected chi connectivity index (χ4v) is 4.81. The number of pyridine rings is 2. The van der Waals surface area contributed by atoms with Gasteiger partial charge < -0.3 is 0 Å². The lowest BCUT2D eigenvalue weighted by Crippen LogP contribution is -1.94. The summed E-state index contributed by atoms with van der Waals surface area (Å²) in [7, 11) is 0. The van der Waals surface area contributed by atoms with Gasteiger partial charge in [0.2, 0.25) is 0 Å². The topological polar surface area (TPSA) is 59.9 Å². The lowest BCUT2D eigenvalue weighted by atomic mass is 10.0. The minimum Gasteiger partial charge on any atom is -0.288 e. The molecule has 0 aliphatic carbocycles. The number of carbonyl (C=O) groups excluding carboxylic acids is 2. The molecule has 2 rings (SSSR count). The number of nitrogens with zero attached hydrogens (tertiary/aromatic N) is 2. The maximum atomic E-state index is 10.9. The van der Waals surface area contributed by atoms with Crippen molar-refractivity contribution in [3.8, 4) is 11.4 Å². The minimum atomic E-state index is 0.215. The molecule has 0 fully saturated rings. The maximum Gasteiger partial charge on any atom is 0.185 e. The van der Waals surface area contributed by atoms with Crippen LogP contribution in [-0.2, 0) is 22.4 Å². The molecule has 0 aromatic carbocycles. The van der Waals surface area contributed by atoms with Crippen molar-refractivity contribution in [2.45, 2.75) is 78.1 Å². The molecule has 0 saturated heterocycles. The minimum absolute atomic E-state index is 0.215. The molecule has 0 amide bonds. The summed E-state index contributed by atoms with van der Waals surface area (Å²) in [4.78, 5) is 31.0. The van der Waals surface area contributed by atoms with Crippen molar-refractivity contribution >= 4 is 33.8 Å². The third kappa shape index (κ3) is 11.8. The van der Waals surface area contributed by atoms with E-state index in [1.165, 1.54) is 60.3 Å². The quantitative estimate of drug-likeness (QED) is 0.263. The molecule has 174 valence electrons. The van der Waals surface area contributed by atoms with Crippen molar-refractivity contribution in [2.75, 3.05) is 11.5 Å². The lowest BCUT2D eigenvalue weighted by Gasteiger charge is -2.07. The first-order chi connectivity index (χ1) is 15.5. The van der Waals surface area contributed by atoms with Gasteiger partial charge in [-0.3, -0.25) is 19.6 Å². The van der Waals surface area contributed by atoms with E-state index in [4.69, 9.17) is 0 Å². The molecule has 0 atom stereocenters. The third-order valence-corrected chi connectivity index (χ3v) is 7.04. The Balaban J connectivity index is 1.73. The van der Waals surface area contributed by atoms with Gasteiger partial charge in [0.1, 0.15) is 0 Å². The first-order valence-electron chi connectivity index (χ1n) is 11.7. The number of thioether (sulfide) groups is 2. The predicted octanol–water partition coefficient (Wildman–Crippen LogP) is 6.91. The Hall–Kier alpha value is -1.66. The normalized spacial score (nSPS) is 10.9. The van der Waals surface area contributed by atoms with E-state index >= 15 is 0 Å². The Morgan fingerprint density at radius 1 is 0.656 bits per heavy atom. The molecule has 2 aromatic heterocycles. The summed E-state index contributed by atoms with van der Waals surface area (Å²) >= 11 is 2.86. The SMILES string of the molecule is CC(=O)SCCCCCCc1ccnc(-c2cc(CCCCCCSC(C)=O)ccn2)c1. The Labute approximate surface area is 201 Å². The lowest BCUT2D eigenvalue weighted by molar-refractivity contribution is -0.109. The highest BCUT2D eigenvalue weighted by atomic mass is 32.2. The zero-order valence-corrected chi connectivity index (χ0v) is 21.1. The number of aromatic nitrogens is 2. The molecule has 2 heterocycles. The summed E-state index contributed by atoms with van der Waals surface area (Å²) in [6, 6.07) is 8.54. The van der Waals surface area contributed by atoms with E-state index in [0.29, 0.717) is 0 Å². The van der Waals surface area contributed by atoms with Crippen molar-refractivity contribution in [3.63, 3.8) is 0 Å². The van der Waals surface area contributed by atoms with Gasteiger partial charge in [-0.05, 0) is 73.9 Å². The average molecular weight is 473 g/mol. The van der Waals surface area contributed by atoms with E-state index in [9.17, 15) is 9.59 Å². The first kappa shape index (κ1) is 26.6. The van der Waals surface area contributed by atoms with Crippen molar-refractivity contribution in [2.24, 2.45) is 0 Å². The van der Waals surface area contributed by atoms with Gasteiger partial charge in [-0.2, -0.15) is 0 Å². The van der Waals surface area contributed by atoms with Crippen LogP contribution in [0.2, 0.25) is 0 Å². The monoisotopic (exact) mass is 472 g/mol. The number of aryl methyl sites for hydroxylation is 2. The Bertz CT molecular complexity index is 773. The fourth-order valence-electron chi connectivity index (χ4n) is 3.54. The molecular formula is C26H36N2O2S2. The van der Waals surface area contributed by atoms with Gasteiger partial charge in [0.15, 0.2) is 10.2 Å². The van der Waals surface area contributed by atoms with Crippen LogP contribution in [0.1, 0.15) is 76.3 Å². The van der Waals surface area contributed by atoms with Crippen molar-refractivity contribution < 1.29 is 9.59 Å². The third-order valence-electron chi connectivity index (χ3n) is 5.24. The van der Waals surface area contributed by atoms with E-state index < -0.39 is 0 Å². The van der Waals surface area contributed by atoms with Gasteiger partial charge in [0.05, 0.1) is 11.4 Å². The molecule has 0 radical (unpaired) electrons. The maximum absolute atomic E-state index is 10.9. The highest BCUT2D eigenvalue weighted by molar-refractivity contribution is 8.13. The average Bonchev–Trinajstić information content (AvgIpc) is 2.78. The zero-order chi connectivity index (χ0) is 23.0. The van der Waals surface area contributed by atoms with Crippen LogP contribution in [0.25, 0.3) is 11.4 Å².